The normalized spacial score (nSPS) is 9.96. The fraction of sp³-hybridized carbons (Fsp3) is 0.200. The maximum absolute atomic E-state index is 11.9. The summed E-state index contributed by atoms with van der Waals surface area (Å²) in [6.07, 6.45) is 0. The van der Waals surface area contributed by atoms with Gasteiger partial charge in [0.15, 0.2) is 0 Å². The van der Waals surface area contributed by atoms with E-state index in [-0.39, 0.29) is 13.2 Å². The zero-order valence-electron chi connectivity index (χ0n) is 14.1. The lowest BCUT2D eigenvalue weighted by Gasteiger charge is -2.08. The molecule has 0 unspecified atom stereocenters. The first-order valence-electron chi connectivity index (χ1n) is 7.83. The molecule has 0 aliphatic rings. The van der Waals surface area contributed by atoms with Crippen LogP contribution in [0.5, 0.6) is 5.75 Å². The quantitative estimate of drug-likeness (QED) is 0.418. The Morgan fingerprint density at radius 1 is 0.920 bits per heavy atom. The molecule has 2 rings (SSSR count). The summed E-state index contributed by atoms with van der Waals surface area (Å²) in [7, 11) is 0. The van der Waals surface area contributed by atoms with Crippen LogP contribution in [0.25, 0.3) is 0 Å². The van der Waals surface area contributed by atoms with Gasteiger partial charge in [-0.2, -0.15) is 0 Å². The zero-order chi connectivity index (χ0) is 18.1. The molecule has 0 aliphatic heterocycles. The summed E-state index contributed by atoms with van der Waals surface area (Å²) in [5.74, 6) is -0.326. The first kappa shape index (κ1) is 18.3. The summed E-state index contributed by atoms with van der Waals surface area (Å²) >= 11 is 0. The Balaban J connectivity index is 1.76. The molecule has 5 nitrogen and oxygen atoms in total. The van der Waals surface area contributed by atoms with Crippen molar-refractivity contribution in [2.24, 2.45) is 0 Å². The zero-order valence-corrected chi connectivity index (χ0v) is 14.1. The van der Waals surface area contributed by atoms with Crippen LogP contribution in [0, 0.1) is 0 Å². The second kappa shape index (κ2) is 9.27. The average Bonchev–Trinajstić information content (AvgIpc) is 2.64. The Hall–Kier alpha value is -3.08. The highest BCUT2D eigenvalue weighted by atomic mass is 16.6. The molecule has 130 valence electrons. The van der Waals surface area contributed by atoms with Gasteiger partial charge in [-0.25, -0.2) is 9.59 Å². The van der Waals surface area contributed by atoms with E-state index in [1.54, 1.807) is 31.2 Å². The van der Waals surface area contributed by atoms with Crippen LogP contribution in [-0.2, 0) is 20.9 Å². The molecule has 2 aromatic carbocycles. The van der Waals surface area contributed by atoms with E-state index in [0.717, 1.165) is 5.56 Å². The molecule has 0 fully saturated rings. The molecular weight excluding hydrogens is 320 g/mol. The highest BCUT2D eigenvalue weighted by Crippen LogP contribution is 2.15. The fourth-order valence-electron chi connectivity index (χ4n) is 1.90. The number of hydrogen-bond acceptors (Lipinski definition) is 5. The summed E-state index contributed by atoms with van der Waals surface area (Å²) in [4.78, 5) is 23.1. The highest BCUT2D eigenvalue weighted by molar-refractivity contribution is 5.89. The summed E-state index contributed by atoms with van der Waals surface area (Å²) in [5.41, 5.74) is 1.77. The van der Waals surface area contributed by atoms with Gasteiger partial charge in [-0.15, -0.1) is 0 Å². The second-order valence-corrected chi connectivity index (χ2v) is 5.35. The van der Waals surface area contributed by atoms with Crippen molar-refractivity contribution in [1.82, 2.24) is 0 Å². The Morgan fingerprint density at radius 2 is 1.56 bits per heavy atom. The maximum atomic E-state index is 11.9. The molecule has 0 heterocycles. The van der Waals surface area contributed by atoms with Gasteiger partial charge in [-0.3, -0.25) is 0 Å². The van der Waals surface area contributed by atoms with Crippen molar-refractivity contribution in [3.05, 3.63) is 77.9 Å². The Morgan fingerprint density at radius 3 is 2.20 bits per heavy atom. The third-order valence-electron chi connectivity index (χ3n) is 3.24. The summed E-state index contributed by atoms with van der Waals surface area (Å²) in [6.45, 7) is 5.46. The molecule has 0 atom stereocenters. The maximum Gasteiger partial charge on any atom is 0.338 e. The van der Waals surface area contributed by atoms with Crippen molar-refractivity contribution in [2.75, 3.05) is 13.2 Å². The molecule has 5 heteroatoms. The van der Waals surface area contributed by atoms with Crippen molar-refractivity contribution in [3.8, 4) is 5.75 Å². The van der Waals surface area contributed by atoms with Crippen LogP contribution in [0.3, 0.4) is 0 Å². The largest absolute Gasteiger partial charge is 0.489 e. The number of hydrogen-bond donors (Lipinski definition) is 0. The summed E-state index contributed by atoms with van der Waals surface area (Å²) < 4.78 is 15.5. The predicted molar refractivity (Wildman–Crippen MR) is 93.3 cm³/mol. The lowest BCUT2D eigenvalue weighted by Crippen LogP contribution is -2.14. The molecule has 0 saturated heterocycles. The Labute approximate surface area is 146 Å². The first-order valence-corrected chi connectivity index (χ1v) is 7.83. The van der Waals surface area contributed by atoms with Crippen LogP contribution >= 0.6 is 0 Å². The number of benzene rings is 2. The lowest BCUT2D eigenvalue weighted by molar-refractivity contribution is -0.140. The Kier molecular flexibility index (Phi) is 6.77. The third kappa shape index (κ3) is 6.14. The summed E-state index contributed by atoms with van der Waals surface area (Å²) in [6, 6.07) is 16.5. The van der Waals surface area contributed by atoms with Crippen LogP contribution in [0.2, 0.25) is 0 Å². The summed E-state index contributed by atoms with van der Waals surface area (Å²) in [5, 5.41) is 0. The topological polar surface area (TPSA) is 61.8 Å². The van der Waals surface area contributed by atoms with Gasteiger partial charge in [0.2, 0.25) is 0 Å². The van der Waals surface area contributed by atoms with Crippen molar-refractivity contribution in [1.29, 1.82) is 0 Å². The molecule has 0 spiro atoms. The first-order chi connectivity index (χ1) is 12.1. The minimum atomic E-state index is -0.504. The van der Waals surface area contributed by atoms with E-state index in [1.165, 1.54) is 0 Å². The van der Waals surface area contributed by atoms with E-state index < -0.39 is 11.9 Å². The van der Waals surface area contributed by atoms with E-state index in [4.69, 9.17) is 14.2 Å². The number of carbonyl (C=O) groups excluding carboxylic acids is 2. The lowest BCUT2D eigenvalue weighted by atomic mass is 10.2. The van der Waals surface area contributed by atoms with Crippen LogP contribution in [0.15, 0.2) is 66.7 Å². The van der Waals surface area contributed by atoms with E-state index in [1.807, 2.05) is 30.3 Å². The highest BCUT2D eigenvalue weighted by Gasteiger charge is 2.08. The van der Waals surface area contributed by atoms with Crippen molar-refractivity contribution in [3.63, 3.8) is 0 Å². The van der Waals surface area contributed by atoms with E-state index >= 15 is 0 Å². The smallest absolute Gasteiger partial charge is 0.338 e. The minimum absolute atomic E-state index is 0.00426. The monoisotopic (exact) mass is 340 g/mol. The molecular formula is C20H20O5. The second-order valence-electron chi connectivity index (χ2n) is 5.35. The number of rotatable bonds is 8. The van der Waals surface area contributed by atoms with Gasteiger partial charge in [0.05, 0.1) is 5.56 Å². The standard InChI is InChI=1S/C20H20O5/c1-15(2)19(21)23-12-13-24-20(22)17-8-10-18(11-9-17)25-14-16-6-4-3-5-7-16/h3-11H,1,12-14H2,2H3. The SMILES string of the molecule is C=C(C)C(=O)OCCOC(=O)c1ccc(OCc2ccccc2)cc1. The van der Waals surface area contributed by atoms with Crippen molar-refractivity contribution >= 4 is 11.9 Å². The van der Waals surface area contributed by atoms with Crippen LogP contribution < -0.4 is 4.74 Å². The van der Waals surface area contributed by atoms with E-state index in [9.17, 15) is 9.59 Å². The average molecular weight is 340 g/mol. The van der Waals surface area contributed by atoms with E-state index in [0.29, 0.717) is 23.5 Å². The van der Waals surface area contributed by atoms with E-state index in [2.05, 4.69) is 6.58 Å². The van der Waals surface area contributed by atoms with Crippen LogP contribution in [0.4, 0.5) is 0 Å². The number of esters is 2. The van der Waals surface area contributed by atoms with Crippen molar-refractivity contribution in [2.45, 2.75) is 13.5 Å². The molecule has 2 aromatic rings. The van der Waals surface area contributed by atoms with Crippen molar-refractivity contribution < 1.29 is 23.8 Å². The van der Waals surface area contributed by atoms with Gasteiger partial charge in [0.1, 0.15) is 25.6 Å². The van der Waals surface area contributed by atoms with Gasteiger partial charge < -0.3 is 14.2 Å². The molecule has 0 radical (unpaired) electrons. The number of carbonyl (C=O) groups is 2. The minimum Gasteiger partial charge on any atom is -0.489 e. The fourth-order valence-corrected chi connectivity index (χ4v) is 1.90. The molecule has 0 N–H and O–H groups in total. The van der Waals surface area contributed by atoms with Gasteiger partial charge in [-0.1, -0.05) is 36.9 Å². The number of ether oxygens (including phenoxy) is 3. The van der Waals surface area contributed by atoms with Crippen LogP contribution in [-0.4, -0.2) is 25.2 Å². The molecule has 0 aromatic heterocycles. The predicted octanol–water partition coefficient (Wildman–Crippen LogP) is 3.54. The Bertz CT molecular complexity index is 720. The third-order valence-corrected chi connectivity index (χ3v) is 3.24. The molecule has 0 amide bonds. The van der Waals surface area contributed by atoms with Gasteiger partial charge in [-0.05, 0) is 36.8 Å². The molecule has 0 bridgehead atoms. The molecule has 0 saturated carbocycles. The van der Waals surface area contributed by atoms with Crippen LogP contribution in [0.1, 0.15) is 22.8 Å². The molecule has 25 heavy (non-hydrogen) atoms. The molecule has 0 aliphatic carbocycles. The van der Waals surface area contributed by atoms with Gasteiger partial charge in [0.25, 0.3) is 0 Å². The van der Waals surface area contributed by atoms with Gasteiger partial charge >= 0.3 is 11.9 Å². The van der Waals surface area contributed by atoms with Gasteiger partial charge in [0, 0.05) is 5.57 Å².